The Balaban J connectivity index is 2.22. The summed E-state index contributed by atoms with van der Waals surface area (Å²) in [4.78, 5) is 15.3. The lowest BCUT2D eigenvalue weighted by molar-refractivity contribution is -0.115. The zero-order valence-corrected chi connectivity index (χ0v) is 12.0. The molecule has 0 saturated heterocycles. The van der Waals surface area contributed by atoms with E-state index in [-0.39, 0.29) is 10.2 Å². The number of nitrogens with two attached hydrogens (primary N) is 1. The van der Waals surface area contributed by atoms with Crippen LogP contribution in [0.25, 0.3) is 10.7 Å². The number of rotatable bonds is 4. The molecule has 2 aromatic heterocycles. The summed E-state index contributed by atoms with van der Waals surface area (Å²) in [6, 6.07) is 3.26. The average Bonchev–Trinajstić information content (AvgIpc) is 2.89. The van der Waals surface area contributed by atoms with Crippen molar-refractivity contribution in [1.29, 1.82) is 0 Å². The Hall–Kier alpha value is -1.91. The largest absolute Gasteiger partial charge is 0.325 e. The summed E-state index contributed by atoms with van der Waals surface area (Å²) in [5.41, 5.74) is 1.00. The second-order valence-electron chi connectivity index (χ2n) is 3.75. The highest BCUT2D eigenvalue weighted by Gasteiger charge is 2.16. The van der Waals surface area contributed by atoms with Gasteiger partial charge in [-0.3, -0.25) is 9.78 Å². The number of nitrogens with one attached hydrogen (secondary N) is 1. The van der Waals surface area contributed by atoms with Crippen molar-refractivity contribution in [2.75, 3.05) is 5.32 Å². The quantitative estimate of drug-likeness (QED) is 0.850. The number of hydrogen-bond acceptors (Lipinski definition) is 7. The normalized spacial score (nSPS) is 11.3. The fourth-order valence-electron chi connectivity index (χ4n) is 1.27. The predicted octanol–water partition coefficient (Wildman–Crippen LogP) is 0.596. The SMILES string of the molecule is CCC(=O)Nc1ccc(-c2nnc(S(N)(=O)=O)s2)nc1. The van der Waals surface area contributed by atoms with Gasteiger partial charge < -0.3 is 5.32 Å². The maximum absolute atomic E-state index is 11.2. The van der Waals surface area contributed by atoms with Gasteiger partial charge in [-0.1, -0.05) is 18.3 Å². The van der Waals surface area contributed by atoms with Crippen LogP contribution in [0.2, 0.25) is 0 Å². The Morgan fingerprint density at radius 2 is 2.15 bits per heavy atom. The zero-order chi connectivity index (χ0) is 14.8. The van der Waals surface area contributed by atoms with Crippen molar-refractivity contribution >= 4 is 33.0 Å². The minimum absolute atomic E-state index is 0.119. The van der Waals surface area contributed by atoms with Crippen LogP contribution in [-0.4, -0.2) is 29.5 Å². The van der Waals surface area contributed by atoms with E-state index in [0.29, 0.717) is 22.8 Å². The van der Waals surface area contributed by atoms with Gasteiger partial charge in [-0.25, -0.2) is 13.6 Å². The number of sulfonamides is 1. The lowest BCUT2D eigenvalue weighted by Crippen LogP contribution is -2.11. The molecule has 2 heterocycles. The monoisotopic (exact) mass is 313 g/mol. The molecule has 20 heavy (non-hydrogen) atoms. The molecule has 0 unspecified atom stereocenters. The van der Waals surface area contributed by atoms with Crippen molar-refractivity contribution in [3.63, 3.8) is 0 Å². The van der Waals surface area contributed by atoms with E-state index in [1.165, 1.54) is 6.20 Å². The Labute approximate surface area is 119 Å². The Morgan fingerprint density at radius 1 is 1.40 bits per heavy atom. The Morgan fingerprint density at radius 3 is 2.65 bits per heavy atom. The van der Waals surface area contributed by atoms with E-state index in [9.17, 15) is 13.2 Å². The summed E-state index contributed by atoms with van der Waals surface area (Å²) in [5, 5.41) is 15.2. The third-order valence-corrected chi connectivity index (χ3v) is 4.49. The van der Waals surface area contributed by atoms with E-state index in [4.69, 9.17) is 5.14 Å². The van der Waals surface area contributed by atoms with Gasteiger partial charge in [-0.05, 0) is 12.1 Å². The molecule has 1 amide bonds. The number of primary sulfonamides is 1. The van der Waals surface area contributed by atoms with E-state index >= 15 is 0 Å². The van der Waals surface area contributed by atoms with Crippen molar-refractivity contribution in [3.05, 3.63) is 18.3 Å². The molecule has 8 nitrogen and oxygen atoms in total. The van der Waals surface area contributed by atoms with Crippen LogP contribution in [0.4, 0.5) is 5.69 Å². The molecule has 0 aliphatic carbocycles. The van der Waals surface area contributed by atoms with Gasteiger partial charge in [0.15, 0.2) is 5.01 Å². The fraction of sp³-hybridized carbons (Fsp3) is 0.200. The molecule has 0 aromatic carbocycles. The first kappa shape index (κ1) is 14.5. The molecule has 10 heteroatoms. The molecule has 0 fully saturated rings. The zero-order valence-electron chi connectivity index (χ0n) is 10.4. The number of carbonyl (C=O) groups excluding carboxylic acids is 1. The molecule has 2 rings (SSSR count). The maximum atomic E-state index is 11.2. The van der Waals surface area contributed by atoms with Gasteiger partial charge in [0.1, 0.15) is 5.69 Å². The first-order valence-electron chi connectivity index (χ1n) is 5.52. The summed E-state index contributed by atoms with van der Waals surface area (Å²) in [5.74, 6) is -0.119. The molecular formula is C10H11N5O3S2. The molecule has 2 aromatic rings. The van der Waals surface area contributed by atoms with E-state index in [1.807, 2.05) is 0 Å². The number of carbonyl (C=O) groups is 1. The summed E-state index contributed by atoms with van der Waals surface area (Å²) in [7, 11) is -3.86. The van der Waals surface area contributed by atoms with Crippen molar-refractivity contribution in [3.8, 4) is 10.7 Å². The van der Waals surface area contributed by atoms with Crippen LogP contribution in [0, 0.1) is 0 Å². The molecule has 0 spiro atoms. The van der Waals surface area contributed by atoms with Crippen LogP contribution >= 0.6 is 11.3 Å². The topological polar surface area (TPSA) is 128 Å². The predicted molar refractivity (Wildman–Crippen MR) is 73.4 cm³/mol. The Bertz CT molecular complexity index is 724. The first-order valence-corrected chi connectivity index (χ1v) is 7.89. The minimum atomic E-state index is -3.86. The third kappa shape index (κ3) is 3.35. The van der Waals surface area contributed by atoms with Gasteiger partial charge in [-0.15, -0.1) is 10.2 Å². The van der Waals surface area contributed by atoms with Crippen LogP contribution in [0.15, 0.2) is 22.7 Å². The summed E-state index contributed by atoms with van der Waals surface area (Å²) < 4.78 is 21.9. The van der Waals surface area contributed by atoms with Gasteiger partial charge in [0.05, 0.1) is 11.9 Å². The van der Waals surface area contributed by atoms with Crippen molar-refractivity contribution in [2.24, 2.45) is 5.14 Å². The molecule has 0 radical (unpaired) electrons. The molecule has 0 aliphatic rings. The molecule has 0 saturated carbocycles. The standard InChI is InChI=1S/C10H11N5O3S2/c1-2-8(16)13-6-3-4-7(12-5-6)9-14-15-10(19-9)20(11,17)18/h3-5H,2H2,1H3,(H,13,16)(H2,11,17,18). The number of anilines is 1. The lowest BCUT2D eigenvalue weighted by Gasteiger charge is -2.02. The highest BCUT2D eigenvalue weighted by molar-refractivity contribution is 7.91. The number of aromatic nitrogens is 3. The summed E-state index contributed by atoms with van der Waals surface area (Å²) >= 11 is 0.832. The van der Waals surface area contributed by atoms with E-state index in [0.717, 1.165) is 11.3 Å². The van der Waals surface area contributed by atoms with Crippen LogP contribution in [-0.2, 0) is 14.8 Å². The van der Waals surface area contributed by atoms with Crippen LogP contribution < -0.4 is 10.5 Å². The number of nitrogens with zero attached hydrogens (tertiary/aromatic N) is 3. The molecule has 0 bridgehead atoms. The summed E-state index contributed by atoms with van der Waals surface area (Å²) in [6.07, 6.45) is 1.83. The van der Waals surface area contributed by atoms with Gasteiger partial charge in [0.25, 0.3) is 10.0 Å². The molecule has 3 N–H and O–H groups in total. The van der Waals surface area contributed by atoms with Crippen LogP contribution in [0.1, 0.15) is 13.3 Å². The fourth-order valence-corrected chi connectivity index (χ4v) is 2.68. The van der Waals surface area contributed by atoms with Crippen molar-refractivity contribution in [2.45, 2.75) is 17.7 Å². The number of amides is 1. The second kappa shape index (κ2) is 5.61. The number of pyridine rings is 1. The molecular weight excluding hydrogens is 302 g/mol. The summed E-state index contributed by atoms with van der Waals surface area (Å²) in [6.45, 7) is 1.74. The Kier molecular flexibility index (Phi) is 4.06. The second-order valence-corrected chi connectivity index (χ2v) is 6.46. The third-order valence-electron chi connectivity index (χ3n) is 2.24. The average molecular weight is 313 g/mol. The minimum Gasteiger partial charge on any atom is -0.325 e. The van der Waals surface area contributed by atoms with Gasteiger partial charge in [-0.2, -0.15) is 0 Å². The maximum Gasteiger partial charge on any atom is 0.267 e. The molecule has 0 atom stereocenters. The van der Waals surface area contributed by atoms with Crippen molar-refractivity contribution in [1.82, 2.24) is 15.2 Å². The van der Waals surface area contributed by atoms with Gasteiger partial charge >= 0.3 is 0 Å². The highest BCUT2D eigenvalue weighted by Crippen LogP contribution is 2.24. The van der Waals surface area contributed by atoms with Crippen molar-refractivity contribution < 1.29 is 13.2 Å². The first-order chi connectivity index (χ1) is 9.40. The molecule has 106 valence electrons. The van der Waals surface area contributed by atoms with E-state index in [1.54, 1.807) is 19.1 Å². The van der Waals surface area contributed by atoms with E-state index < -0.39 is 10.0 Å². The van der Waals surface area contributed by atoms with Crippen LogP contribution in [0.5, 0.6) is 0 Å². The van der Waals surface area contributed by atoms with E-state index in [2.05, 4.69) is 20.5 Å². The highest BCUT2D eigenvalue weighted by atomic mass is 32.2. The lowest BCUT2D eigenvalue weighted by atomic mass is 10.3. The van der Waals surface area contributed by atoms with Crippen LogP contribution in [0.3, 0.4) is 0 Å². The smallest absolute Gasteiger partial charge is 0.267 e. The van der Waals surface area contributed by atoms with Gasteiger partial charge in [0, 0.05) is 6.42 Å². The van der Waals surface area contributed by atoms with Gasteiger partial charge in [0.2, 0.25) is 10.2 Å². The number of hydrogen-bond donors (Lipinski definition) is 2. The molecule has 0 aliphatic heterocycles.